The minimum Gasteiger partial charge on any atom is -0.490 e. The summed E-state index contributed by atoms with van der Waals surface area (Å²) < 4.78 is 51.5. The van der Waals surface area contributed by atoms with Gasteiger partial charge in [0, 0.05) is 19.2 Å². The van der Waals surface area contributed by atoms with Crippen LogP contribution >= 0.6 is 12.4 Å². The summed E-state index contributed by atoms with van der Waals surface area (Å²) in [7, 11) is -2.35. The number of rotatable bonds is 7. The number of sulfonamides is 1. The Hall–Kier alpha value is -0.930. The molecule has 0 heterocycles. The van der Waals surface area contributed by atoms with Gasteiger partial charge in [0.05, 0.1) is 6.61 Å². The van der Waals surface area contributed by atoms with Gasteiger partial charge in [-0.25, -0.2) is 17.5 Å². The second kappa shape index (κ2) is 9.53. The predicted octanol–water partition coefficient (Wildman–Crippen LogP) is 1.82. The summed E-state index contributed by atoms with van der Waals surface area (Å²) in [4.78, 5) is -0.191. The molecule has 1 fully saturated rings. The van der Waals surface area contributed by atoms with E-state index in [4.69, 9.17) is 15.2 Å². The summed E-state index contributed by atoms with van der Waals surface area (Å²) in [5.74, 6) is -0.515. The quantitative estimate of drug-likeness (QED) is 0.702. The van der Waals surface area contributed by atoms with Crippen molar-refractivity contribution in [1.82, 2.24) is 4.72 Å². The first-order chi connectivity index (χ1) is 10.9. The van der Waals surface area contributed by atoms with Crippen molar-refractivity contribution in [2.75, 3.05) is 20.3 Å². The Kier molecular flexibility index (Phi) is 8.38. The second-order valence-electron chi connectivity index (χ2n) is 5.67. The van der Waals surface area contributed by atoms with Crippen LogP contribution in [0.2, 0.25) is 0 Å². The number of ether oxygens (including phenoxy) is 2. The first-order valence-corrected chi connectivity index (χ1v) is 9.10. The molecule has 6 nitrogen and oxygen atoms in total. The second-order valence-corrected chi connectivity index (χ2v) is 7.35. The van der Waals surface area contributed by atoms with Gasteiger partial charge in [0.2, 0.25) is 10.0 Å². The van der Waals surface area contributed by atoms with E-state index in [0.29, 0.717) is 19.4 Å². The lowest BCUT2D eigenvalue weighted by Crippen LogP contribution is -2.40. The molecule has 3 N–H and O–H groups in total. The molecule has 2 rings (SSSR count). The standard InChI is InChI=1S/C15H23FN2O4S.ClH/c1-21-8-9-22-14-7-2-11(16)10-15(14)23(19,20)18-13-5-3-12(17)4-6-13;/h2,7,10,12-13,18H,3-6,8-9,17H2,1H3;1H. The average molecular weight is 383 g/mol. The van der Waals surface area contributed by atoms with Gasteiger partial charge >= 0.3 is 0 Å². The molecule has 0 bridgehead atoms. The highest BCUT2D eigenvalue weighted by Gasteiger charge is 2.27. The lowest BCUT2D eigenvalue weighted by atomic mass is 9.93. The molecule has 1 saturated carbocycles. The zero-order valence-electron chi connectivity index (χ0n) is 13.5. The molecule has 9 heteroatoms. The van der Waals surface area contributed by atoms with Gasteiger partial charge in [-0.15, -0.1) is 12.4 Å². The third-order valence-corrected chi connectivity index (χ3v) is 5.38. The van der Waals surface area contributed by atoms with E-state index in [-0.39, 0.29) is 41.7 Å². The zero-order chi connectivity index (χ0) is 16.9. The molecule has 1 aromatic rings. The van der Waals surface area contributed by atoms with Crippen LogP contribution in [0.1, 0.15) is 25.7 Å². The highest BCUT2D eigenvalue weighted by molar-refractivity contribution is 7.89. The molecule has 138 valence electrons. The third-order valence-electron chi connectivity index (χ3n) is 3.83. The van der Waals surface area contributed by atoms with Gasteiger partial charge in [-0.05, 0) is 43.9 Å². The van der Waals surface area contributed by atoms with Gasteiger partial charge in [0.1, 0.15) is 23.1 Å². The lowest BCUT2D eigenvalue weighted by molar-refractivity contribution is 0.144. The van der Waals surface area contributed by atoms with E-state index in [0.717, 1.165) is 18.9 Å². The Morgan fingerprint density at radius 2 is 1.92 bits per heavy atom. The van der Waals surface area contributed by atoms with Crippen molar-refractivity contribution >= 4 is 22.4 Å². The summed E-state index contributed by atoms with van der Waals surface area (Å²) >= 11 is 0. The summed E-state index contributed by atoms with van der Waals surface area (Å²) in [6.07, 6.45) is 2.90. The van der Waals surface area contributed by atoms with E-state index < -0.39 is 15.8 Å². The molecule has 0 unspecified atom stereocenters. The summed E-state index contributed by atoms with van der Waals surface area (Å²) in [5, 5.41) is 0. The Morgan fingerprint density at radius 1 is 1.25 bits per heavy atom. The third kappa shape index (κ3) is 5.86. The van der Waals surface area contributed by atoms with E-state index in [1.807, 2.05) is 0 Å². The average Bonchev–Trinajstić information content (AvgIpc) is 2.51. The van der Waals surface area contributed by atoms with Crippen LogP contribution in [0.3, 0.4) is 0 Å². The maximum atomic E-state index is 13.5. The van der Waals surface area contributed by atoms with Gasteiger partial charge in [-0.1, -0.05) is 0 Å². The van der Waals surface area contributed by atoms with Crippen LogP contribution in [0.25, 0.3) is 0 Å². The van der Waals surface area contributed by atoms with Crippen molar-refractivity contribution in [1.29, 1.82) is 0 Å². The molecule has 0 radical (unpaired) electrons. The predicted molar refractivity (Wildman–Crippen MR) is 91.6 cm³/mol. The molecular formula is C15H24ClFN2O4S. The molecule has 0 atom stereocenters. The van der Waals surface area contributed by atoms with Crippen LogP contribution in [-0.2, 0) is 14.8 Å². The van der Waals surface area contributed by atoms with Gasteiger partial charge < -0.3 is 15.2 Å². The minimum atomic E-state index is -3.86. The number of methoxy groups -OCH3 is 1. The van der Waals surface area contributed by atoms with Gasteiger partial charge in [0.25, 0.3) is 0 Å². The van der Waals surface area contributed by atoms with Crippen LogP contribution in [0.5, 0.6) is 5.75 Å². The van der Waals surface area contributed by atoms with E-state index in [9.17, 15) is 12.8 Å². The van der Waals surface area contributed by atoms with Crippen molar-refractivity contribution in [3.63, 3.8) is 0 Å². The van der Waals surface area contributed by atoms with Crippen LogP contribution in [-0.4, -0.2) is 40.8 Å². The monoisotopic (exact) mass is 382 g/mol. The molecule has 0 aliphatic heterocycles. The number of halogens is 2. The Labute approximate surface area is 148 Å². The van der Waals surface area contributed by atoms with Crippen molar-refractivity contribution in [2.45, 2.75) is 42.7 Å². The van der Waals surface area contributed by atoms with Gasteiger partial charge in [-0.2, -0.15) is 0 Å². The fourth-order valence-electron chi connectivity index (χ4n) is 2.57. The Bertz CT molecular complexity index is 622. The van der Waals surface area contributed by atoms with E-state index in [1.165, 1.54) is 19.2 Å². The number of benzene rings is 1. The smallest absolute Gasteiger partial charge is 0.244 e. The fraction of sp³-hybridized carbons (Fsp3) is 0.600. The number of hydrogen-bond acceptors (Lipinski definition) is 5. The van der Waals surface area contributed by atoms with Crippen molar-refractivity contribution in [3.05, 3.63) is 24.0 Å². The maximum absolute atomic E-state index is 13.5. The van der Waals surface area contributed by atoms with Crippen LogP contribution in [0.4, 0.5) is 4.39 Å². The summed E-state index contributed by atoms with van der Waals surface area (Å²) in [6, 6.07) is 3.39. The first-order valence-electron chi connectivity index (χ1n) is 7.61. The highest BCUT2D eigenvalue weighted by atomic mass is 35.5. The Balaban J connectivity index is 0.00000288. The molecule has 0 spiro atoms. The molecule has 0 amide bonds. The van der Waals surface area contributed by atoms with Crippen LogP contribution < -0.4 is 15.2 Å². The van der Waals surface area contributed by atoms with E-state index in [1.54, 1.807) is 0 Å². The van der Waals surface area contributed by atoms with Crippen molar-refractivity contribution < 1.29 is 22.3 Å². The summed E-state index contributed by atoms with van der Waals surface area (Å²) in [6.45, 7) is 0.494. The van der Waals surface area contributed by atoms with Crippen molar-refractivity contribution in [2.24, 2.45) is 5.73 Å². The first kappa shape index (κ1) is 21.1. The lowest BCUT2D eigenvalue weighted by Gasteiger charge is -2.26. The summed E-state index contributed by atoms with van der Waals surface area (Å²) in [5.41, 5.74) is 5.83. The molecule has 1 aliphatic rings. The molecule has 1 aliphatic carbocycles. The molecule has 0 saturated heterocycles. The van der Waals surface area contributed by atoms with Gasteiger partial charge in [-0.3, -0.25) is 0 Å². The minimum absolute atomic E-state index is 0. The zero-order valence-corrected chi connectivity index (χ0v) is 15.2. The number of hydrogen-bond donors (Lipinski definition) is 2. The normalized spacial score (nSPS) is 21.1. The van der Waals surface area contributed by atoms with E-state index >= 15 is 0 Å². The SMILES string of the molecule is COCCOc1ccc(F)cc1S(=O)(=O)NC1CCC(N)CC1.Cl. The van der Waals surface area contributed by atoms with Crippen LogP contribution in [0, 0.1) is 5.82 Å². The largest absolute Gasteiger partial charge is 0.490 e. The number of nitrogens with one attached hydrogen (secondary N) is 1. The highest BCUT2D eigenvalue weighted by Crippen LogP contribution is 2.26. The molecule has 0 aromatic heterocycles. The van der Waals surface area contributed by atoms with Gasteiger partial charge in [0.15, 0.2) is 0 Å². The Morgan fingerprint density at radius 3 is 2.54 bits per heavy atom. The molecule has 1 aromatic carbocycles. The van der Waals surface area contributed by atoms with E-state index in [2.05, 4.69) is 4.72 Å². The maximum Gasteiger partial charge on any atom is 0.244 e. The van der Waals surface area contributed by atoms with Crippen LogP contribution in [0.15, 0.2) is 23.1 Å². The number of nitrogens with two attached hydrogens (primary N) is 1. The van der Waals surface area contributed by atoms with Crippen molar-refractivity contribution in [3.8, 4) is 5.75 Å². The fourth-order valence-corrected chi connectivity index (χ4v) is 4.03. The molecule has 24 heavy (non-hydrogen) atoms. The topological polar surface area (TPSA) is 90.6 Å². The molecular weight excluding hydrogens is 359 g/mol.